The van der Waals surface area contributed by atoms with Crippen LogP contribution >= 0.6 is 0 Å². The molecule has 1 aliphatic carbocycles. The molecule has 1 unspecified atom stereocenters. The van der Waals surface area contributed by atoms with Crippen molar-refractivity contribution in [3.63, 3.8) is 0 Å². The van der Waals surface area contributed by atoms with Gasteiger partial charge in [-0.3, -0.25) is 0 Å². The zero-order chi connectivity index (χ0) is 11.9. The van der Waals surface area contributed by atoms with Gasteiger partial charge in [-0.15, -0.1) is 0 Å². The monoisotopic (exact) mass is 227 g/mol. The van der Waals surface area contributed by atoms with Gasteiger partial charge >= 0.3 is 0 Å². The molecule has 0 amide bonds. The van der Waals surface area contributed by atoms with Crippen molar-refractivity contribution in [3.05, 3.63) is 23.0 Å². The van der Waals surface area contributed by atoms with Crippen LogP contribution in [0.15, 0.2) is 28.0 Å². The van der Waals surface area contributed by atoms with Crippen molar-refractivity contribution in [1.29, 1.82) is 0 Å². The van der Waals surface area contributed by atoms with E-state index >= 15 is 0 Å². The maximum absolute atomic E-state index is 13.7. The molecule has 0 aromatic heterocycles. The van der Waals surface area contributed by atoms with Crippen molar-refractivity contribution in [1.82, 2.24) is 0 Å². The normalized spacial score (nSPS) is 28.7. The molecule has 88 valence electrons. The molecule has 0 N–H and O–H groups in total. The van der Waals surface area contributed by atoms with Crippen LogP contribution in [0.3, 0.4) is 0 Å². The van der Waals surface area contributed by atoms with Gasteiger partial charge in [0.1, 0.15) is 18.6 Å². The number of alkyl halides is 1. The summed E-state index contributed by atoms with van der Waals surface area (Å²) in [7, 11) is 0. The van der Waals surface area contributed by atoms with Crippen LogP contribution in [-0.2, 0) is 4.74 Å². The van der Waals surface area contributed by atoms with Crippen LogP contribution in [0.2, 0.25) is 0 Å². The molecule has 16 heavy (non-hydrogen) atoms. The van der Waals surface area contributed by atoms with E-state index in [1.54, 1.807) is 6.92 Å². The van der Waals surface area contributed by atoms with Crippen LogP contribution in [0.4, 0.5) is 8.78 Å². The number of allylic oxidation sites excluding steroid dienone is 2. The molecule has 4 heteroatoms. The maximum Gasteiger partial charge on any atom is 0.219 e. The molecule has 0 radical (unpaired) electrons. The van der Waals surface area contributed by atoms with Crippen LogP contribution in [0, 0.1) is 0 Å². The third-order valence-corrected chi connectivity index (χ3v) is 2.65. The minimum absolute atomic E-state index is 0.213. The number of nitrogens with zero attached hydrogens (tertiary/aromatic N) is 1. The lowest BCUT2D eigenvalue weighted by Gasteiger charge is -2.16. The molecule has 0 fully saturated rings. The number of aliphatic imine (C=N–C) groups is 1. The first-order chi connectivity index (χ1) is 7.39. The lowest BCUT2D eigenvalue weighted by Crippen LogP contribution is -2.17. The van der Waals surface area contributed by atoms with Gasteiger partial charge in [-0.25, -0.2) is 13.8 Å². The topological polar surface area (TPSA) is 21.6 Å². The Hall–Kier alpha value is -1.19. The lowest BCUT2D eigenvalue weighted by atomic mass is 9.97. The fraction of sp³-hybridized carbons (Fsp3) is 0.583. The Morgan fingerprint density at radius 2 is 2.19 bits per heavy atom. The first-order valence-corrected chi connectivity index (χ1v) is 5.33. The van der Waals surface area contributed by atoms with E-state index in [0.29, 0.717) is 23.7 Å². The van der Waals surface area contributed by atoms with Gasteiger partial charge in [-0.2, -0.15) is 0 Å². The highest BCUT2D eigenvalue weighted by Gasteiger charge is 2.32. The molecule has 0 aromatic rings. The molecule has 1 atom stereocenters. The number of rotatable bonds is 1. The fourth-order valence-electron chi connectivity index (χ4n) is 1.90. The van der Waals surface area contributed by atoms with Crippen molar-refractivity contribution in [2.75, 3.05) is 6.61 Å². The van der Waals surface area contributed by atoms with Gasteiger partial charge in [0.15, 0.2) is 0 Å². The van der Waals surface area contributed by atoms with Crippen molar-refractivity contribution >= 4 is 5.90 Å². The summed E-state index contributed by atoms with van der Waals surface area (Å²) in [6, 6.07) is 0. The van der Waals surface area contributed by atoms with Crippen molar-refractivity contribution in [2.24, 2.45) is 4.99 Å². The predicted molar refractivity (Wildman–Crippen MR) is 58.9 cm³/mol. The zero-order valence-electron chi connectivity index (χ0n) is 9.68. The summed E-state index contributed by atoms with van der Waals surface area (Å²) >= 11 is 0. The average Bonchev–Trinajstić information content (AvgIpc) is 2.44. The number of ether oxygens (including phenoxy) is 1. The molecule has 0 saturated heterocycles. The van der Waals surface area contributed by atoms with Gasteiger partial charge in [0.2, 0.25) is 5.90 Å². The second kappa shape index (κ2) is 3.68. The van der Waals surface area contributed by atoms with E-state index < -0.39 is 12.0 Å². The summed E-state index contributed by atoms with van der Waals surface area (Å²) in [6.07, 6.45) is -0.0378. The summed E-state index contributed by atoms with van der Waals surface area (Å²) in [5, 5.41) is 0. The van der Waals surface area contributed by atoms with Gasteiger partial charge in [0, 0.05) is 6.42 Å². The first-order valence-electron chi connectivity index (χ1n) is 5.33. The van der Waals surface area contributed by atoms with E-state index in [1.807, 2.05) is 13.8 Å². The average molecular weight is 227 g/mol. The molecular formula is C12H15F2NO. The van der Waals surface area contributed by atoms with Crippen molar-refractivity contribution < 1.29 is 13.5 Å². The van der Waals surface area contributed by atoms with E-state index in [2.05, 4.69) is 4.99 Å². The van der Waals surface area contributed by atoms with Crippen molar-refractivity contribution in [2.45, 2.75) is 38.9 Å². The Balaban J connectivity index is 2.35. The molecule has 2 rings (SSSR count). The predicted octanol–water partition coefficient (Wildman–Crippen LogP) is 3.11. The van der Waals surface area contributed by atoms with E-state index in [1.165, 1.54) is 6.08 Å². The first kappa shape index (κ1) is 11.3. The smallest absolute Gasteiger partial charge is 0.219 e. The van der Waals surface area contributed by atoms with E-state index in [0.717, 1.165) is 0 Å². The highest BCUT2D eigenvalue weighted by Crippen LogP contribution is 2.32. The van der Waals surface area contributed by atoms with Crippen molar-refractivity contribution in [3.8, 4) is 0 Å². The van der Waals surface area contributed by atoms with E-state index in [9.17, 15) is 8.78 Å². The Morgan fingerprint density at radius 1 is 1.50 bits per heavy atom. The second-order valence-electron chi connectivity index (χ2n) is 4.87. The molecule has 0 saturated carbocycles. The summed E-state index contributed by atoms with van der Waals surface area (Å²) in [5.74, 6) is -0.160. The zero-order valence-corrected chi connectivity index (χ0v) is 9.68. The molecule has 2 aliphatic rings. The third kappa shape index (κ3) is 2.01. The molecule has 1 aliphatic heterocycles. The van der Waals surface area contributed by atoms with Crippen LogP contribution in [0.25, 0.3) is 0 Å². The van der Waals surface area contributed by atoms with Crippen LogP contribution in [0.1, 0.15) is 27.2 Å². The highest BCUT2D eigenvalue weighted by atomic mass is 19.1. The van der Waals surface area contributed by atoms with E-state index in [-0.39, 0.29) is 12.0 Å². The maximum atomic E-state index is 13.7. The van der Waals surface area contributed by atoms with E-state index in [4.69, 9.17) is 4.74 Å². The number of hydrogen-bond acceptors (Lipinski definition) is 2. The van der Waals surface area contributed by atoms with Gasteiger partial charge < -0.3 is 4.74 Å². The summed E-state index contributed by atoms with van der Waals surface area (Å²) in [5.41, 5.74) is 0.572. The Labute approximate surface area is 93.7 Å². The summed E-state index contributed by atoms with van der Waals surface area (Å²) in [4.78, 5) is 4.30. The van der Waals surface area contributed by atoms with Gasteiger partial charge in [0.05, 0.1) is 11.1 Å². The molecule has 1 heterocycles. The molecule has 2 nitrogen and oxygen atoms in total. The quantitative estimate of drug-likeness (QED) is 0.674. The molecule has 0 aromatic carbocycles. The third-order valence-electron chi connectivity index (χ3n) is 2.65. The van der Waals surface area contributed by atoms with Crippen LogP contribution in [0.5, 0.6) is 0 Å². The van der Waals surface area contributed by atoms with Crippen LogP contribution < -0.4 is 0 Å². The molecular weight excluding hydrogens is 212 g/mol. The van der Waals surface area contributed by atoms with Gasteiger partial charge in [-0.05, 0) is 32.4 Å². The van der Waals surface area contributed by atoms with Crippen LogP contribution in [-0.4, -0.2) is 24.2 Å². The Bertz CT molecular complexity index is 407. The second-order valence-corrected chi connectivity index (χ2v) is 4.87. The highest BCUT2D eigenvalue weighted by molar-refractivity contribution is 5.99. The lowest BCUT2D eigenvalue weighted by molar-refractivity contribution is 0.278. The van der Waals surface area contributed by atoms with Gasteiger partial charge in [-0.1, -0.05) is 0 Å². The largest absolute Gasteiger partial charge is 0.475 e. The summed E-state index contributed by atoms with van der Waals surface area (Å²) < 4.78 is 32.1. The Morgan fingerprint density at radius 3 is 2.69 bits per heavy atom. The fourth-order valence-corrected chi connectivity index (χ4v) is 1.90. The Kier molecular flexibility index (Phi) is 2.60. The minimum Gasteiger partial charge on any atom is -0.475 e. The summed E-state index contributed by atoms with van der Waals surface area (Å²) in [6.45, 7) is 5.94. The molecule has 0 bridgehead atoms. The SMILES string of the molecule is CC1=CC(F)CC(F)=C1C1=NC(C)(C)CO1. The number of halogens is 2. The molecule has 0 spiro atoms. The number of hydrogen-bond donors (Lipinski definition) is 0. The standard InChI is InChI=1S/C12H15F2NO/c1-7-4-8(13)5-9(14)10(7)11-15-12(2,3)6-16-11/h4,8H,5-6H2,1-3H3. The minimum atomic E-state index is -1.24. The van der Waals surface area contributed by atoms with Gasteiger partial charge in [0.25, 0.3) is 0 Å².